The lowest BCUT2D eigenvalue weighted by atomic mass is 9.87. The average Bonchev–Trinajstić information content (AvgIpc) is 3.78. The van der Waals surface area contributed by atoms with Crippen LogP contribution in [0, 0.1) is 17.6 Å². The van der Waals surface area contributed by atoms with E-state index in [0.29, 0.717) is 32.9 Å². The fraction of sp³-hybridized carbons (Fsp3) is 0.174. The molecule has 0 amide bonds. The lowest BCUT2D eigenvalue weighted by Gasteiger charge is -2.24. The number of allylic oxidation sites excluding steroid dienone is 4. The minimum Gasteiger partial charge on any atom is -0.357 e. The second-order valence-corrected chi connectivity index (χ2v) is 15.2. The standard InChI is InChI=1S/C46H37F2N8O2/c1-27-35-14-11-30(28-7-9-32(38(47)17-28)22-54-25-50-40-6-4-3-5-36(40)45(54)57)19-43(35)52-56(27)34-13-15-37-42(21-34)51-26-55(46(37)58)23-33-10-8-29(18-39(33)48)31-12-16-41-44(20-31)53(2)24-49-41/h3-21,24-26,35,41,43-44,52H,22-23H2,1-2H3/q+1. The van der Waals surface area contributed by atoms with Crippen LogP contribution in [0.3, 0.4) is 0 Å². The van der Waals surface area contributed by atoms with Crippen molar-refractivity contribution in [3.05, 3.63) is 183 Å². The molecule has 2 aliphatic heterocycles. The second kappa shape index (κ2) is 13.8. The van der Waals surface area contributed by atoms with Gasteiger partial charge >= 0.3 is 0 Å². The van der Waals surface area contributed by atoms with Crippen molar-refractivity contribution < 1.29 is 13.5 Å². The van der Waals surface area contributed by atoms with Crippen LogP contribution in [0.1, 0.15) is 29.2 Å². The first-order chi connectivity index (χ1) is 28.2. The van der Waals surface area contributed by atoms with Crippen molar-refractivity contribution in [3.8, 4) is 0 Å². The number of hydrazine groups is 1. The normalized spacial score (nSPS) is 20.7. The Kier molecular flexibility index (Phi) is 8.43. The van der Waals surface area contributed by atoms with Crippen molar-refractivity contribution in [2.75, 3.05) is 7.05 Å². The molecule has 12 heteroatoms. The summed E-state index contributed by atoms with van der Waals surface area (Å²) in [6, 6.07) is 22.9. The summed E-state index contributed by atoms with van der Waals surface area (Å²) in [5, 5.41) is 0.924. The Morgan fingerprint density at radius 2 is 1.38 bits per heavy atom. The first-order valence-corrected chi connectivity index (χ1v) is 19.1. The van der Waals surface area contributed by atoms with Crippen LogP contribution in [-0.4, -0.2) is 65.9 Å². The summed E-state index contributed by atoms with van der Waals surface area (Å²) in [7, 11) is 1.98. The summed E-state index contributed by atoms with van der Waals surface area (Å²) < 4.78 is 35.8. The number of hydrogen-bond acceptors (Lipinski definition) is 7. The average molecular weight is 772 g/mol. The maximum Gasteiger partial charge on any atom is 0.261 e. The van der Waals surface area contributed by atoms with Crippen molar-refractivity contribution >= 4 is 50.7 Å². The minimum atomic E-state index is -0.403. The quantitative estimate of drug-likeness (QED) is 0.189. The van der Waals surface area contributed by atoms with E-state index in [1.54, 1.807) is 36.4 Å². The number of nitrogens with zero attached hydrogens (tertiary/aromatic N) is 7. The summed E-state index contributed by atoms with van der Waals surface area (Å²) in [5.74, 6) is -0.737. The highest BCUT2D eigenvalue weighted by Crippen LogP contribution is 2.32. The van der Waals surface area contributed by atoms with Crippen LogP contribution in [0.4, 0.5) is 14.5 Å². The summed E-state index contributed by atoms with van der Waals surface area (Å²) >= 11 is 0. The molecule has 0 saturated heterocycles. The molecule has 0 saturated carbocycles. The molecule has 2 aliphatic carbocycles. The maximum atomic E-state index is 15.5. The summed E-state index contributed by atoms with van der Waals surface area (Å²) in [5.41, 5.74) is 10.2. The molecule has 286 valence electrons. The Hall–Kier alpha value is -7.08. The van der Waals surface area contributed by atoms with Crippen molar-refractivity contribution in [1.82, 2.24) is 29.4 Å². The molecule has 1 N–H and O–H groups in total. The molecule has 58 heavy (non-hydrogen) atoms. The molecule has 10 nitrogen and oxygen atoms in total. The number of hydrazone groups is 1. The Labute approximate surface area is 331 Å². The third-order valence-corrected chi connectivity index (χ3v) is 11.7. The lowest BCUT2D eigenvalue weighted by molar-refractivity contribution is -0.501. The molecule has 0 fully saturated rings. The van der Waals surface area contributed by atoms with Crippen molar-refractivity contribution in [2.24, 2.45) is 10.9 Å². The molecule has 10 rings (SSSR count). The molecule has 4 atom stereocenters. The van der Waals surface area contributed by atoms with Gasteiger partial charge in [-0.1, -0.05) is 71.5 Å². The number of hydrogen-bond donors (Lipinski definition) is 1. The van der Waals surface area contributed by atoms with Crippen LogP contribution in [0.5, 0.6) is 0 Å². The van der Waals surface area contributed by atoms with E-state index in [9.17, 15) is 9.59 Å². The molecule has 6 aromatic rings. The Bertz CT molecular complexity index is 3030. The van der Waals surface area contributed by atoms with Gasteiger partial charge in [0.1, 0.15) is 17.7 Å². The molecule has 4 aliphatic rings. The van der Waals surface area contributed by atoms with Gasteiger partial charge in [-0.3, -0.25) is 23.7 Å². The Balaban J connectivity index is 0.842. The Morgan fingerprint density at radius 3 is 2.09 bits per heavy atom. The predicted molar refractivity (Wildman–Crippen MR) is 222 cm³/mol. The molecule has 4 unspecified atom stereocenters. The van der Waals surface area contributed by atoms with E-state index in [2.05, 4.69) is 38.6 Å². The monoisotopic (exact) mass is 771 g/mol. The van der Waals surface area contributed by atoms with E-state index in [4.69, 9.17) is 0 Å². The highest BCUT2D eigenvalue weighted by atomic mass is 19.1. The number of aromatic nitrogens is 4. The topological polar surface area (TPSA) is 100 Å². The van der Waals surface area contributed by atoms with Crippen LogP contribution >= 0.6 is 0 Å². The molecule has 0 spiro atoms. The van der Waals surface area contributed by atoms with Gasteiger partial charge in [-0.15, -0.1) is 0 Å². The van der Waals surface area contributed by atoms with Gasteiger partial charge in [-0.05, 0) is 58.7 Å². The van der Waals surface area contributed by atoms with Crippen LogP contribution in [0.25, 0.3) is 33.0 Å². The molecule has 0 bridgehead atoms. The maximum absolute atomic E-state index is 15.5. The number of nitrogens with one attached hydrogen (secondary N) is 1. The second-order valence-electron chi connectivity index (χ2n) is 15.2. The number of likely N-dealkylation sites (N-methyl/N-ethyl adjacent to an activating group) is 1. The number of aliphatic imine (C=N–C) groups is 1. The van der Waals surface area contributed by atoms with Crippen LogP contribution < -0.4 is 16.5 Å². The SMILES string of the molecule is CC1=[N+](c2ccc3c(=O)n(Cc4ccc(C5=CC6C(C=C5)N=CN6C)cc4F)cnc3c2)NC2C=C(c3ccc(Cn4cnc5ccccc5c4=O)c(F)c3)C=CC12. The molecule has 4 aromatic carbocycles. The van der Waals surface area contributed by atoms with Crippen LogP contribution in [0.2, 0.25) is 0 Å². The molecule has 2 aromatic heterocycles. The highest BCUT2D eigenvalue weighted by Gasteiger charge is 2.39. The van der Waals surface area contributed by atoms with E-state index >= 15 is 8.78 Å². The van der Waals surface area contributed by atoms with Crippen molar-refractivity contribution in [1.29, 1.82) is 0 Å². The minimum absolute atomic E-state index is 0.0469. The van der Waals surface area contributed by atoms with E-state index in [1.807, 2.05) is 78.5 Å². The number of halogens is 2. The van der Waals surface area contributed by atoms with Gasteiger partial charge in [-0.2, -0.15) is 5.43 Å². The third-order valence-electron chi connectivity index (χ3n) is 11.7. The Morgan fingerprint density at radius 1 is 0.741 bits per heavy atom. The molecular weight excluding hydrogens is 735 g/mol. The lowest BCUT2D eigenvalue weighted by Crippen LogP contribution is -2.32. The predicted octanol–water partition coefficient (Wildman–Crippen LogP) is 6.41. The fourth-order valence-corrected chi connectivity index (χ4v) is 8.36. The molecule has 4 heterocycles. The van der Waals surface area contributed by atoms with Gasteiger partial charge in [0, 0.05) is 37.2 Å². The first-order valence-electron chi connectivity index (χ1n) is 19.1. The van der Waals surface area contributed by atoms with Crippen LogP contribution in [-0.2, 0) is 13.1 Å². The van der Waals surface area contributed by atoms with Crippen molar-refractivity contribution in [3.63, 3.8) is 0 Å². The van der Waals surface area contributed by atoms with Gasteiger partial charge in [0.15, 0.2) is 5.71 Å². The number of rotatable bonds is 7. The van der Waals surface area contributed by atoms with Crippen LogP contribution in [0.15, 0.2) is 143 Å². The zero-order valence-corrected chi connectivity index (χ0v) is 31.6. The smallest absolute Gasteiger partial charge is 0.261 e. The van der Waals surface area contributed by atoms with E-state index in [-0.39, 0.29) is 54.1 Å². The van der Waals surface area contributed by atoms with E-state index in [0.717, 1.165) is 33.7 Å². The van der Waals surface area contributed by atoms with Gasteiger partial charge in [0.25, 0.3) is 11.1 Å². The van der Waals surface area contributed by atoms with Gasteiger partial charge in [0.05, 0.1) is 71.9 Å². The summed E-state index contributed by atoms with van der Waals surface area (Å²) in [4.78, 5) is 42.1. The van der Waals surface area contributed by atoms with Gasteiger partial charge in [-0.25, -0.2) is 18.7 Å². The summed E-state index contributed by atoms with van der Waals surface area (Å²) in [6.07, 6.45) is 17.1. The number of para-hydroxylation sites is 1. The van der Waals surface area contributed by atoms with Gasteiger partial charge < -0.3 is 4.90 Å². The third kappa shape index (κ3) is 6.08. The molecule has 0 radical (unpaired) electrons. The number of fused-ring (bicyclic) bond motifs is 4. The molecular formula is C46H37F2N8O2+. The highest BCUT2D eigenvalue weighted by molar-refractivity contribution is 5.89. The zero-order valence-electron chi connectivity index (χ0n) is 31.6. The van der Waals surface area contributed by atoms with Crippen molar-refractivity contribution in [2.45, 2.75) is 38.1 Å². The number of benzene rings is 4. The largest absolute Gasteiger partial charge is 0.357 e. The zero-order chi connectivity index (χ0) is 39.7. The summed E-state index contributed by atoms with van der Waals surface area (Å²) in [6.45, 7) is 2.17. The van der Waals surface area contributed by atoms with E-state index in [1.165, 1.54) is 33.9 Å². The van der Waals surface area contributed by atoms with Gasteiger partial charge in [0.2, 0.25) is 5.69 Å². The van der Waals surface area contributed by atoms with E-state index < -0.39 is 5.82 Å². The fourth-order valence-electron chi connectivity index (χ4n) is 8.36. The first kappa shape index (κ1) is 35.3.